The van der Waals surface area contributed by atoms with Gasteiger partial charge in [-0.2, -0.15) is 0 Å². The largest absolute Gasteiger partial charge is 0.390 e. The molecular formula is C54H56O10. The smallest absolute Gasteiger partial charge is 0.187 e. The highest BCUT2D eigenvalue weighted by molar-refractivity contribution is 5.85. The Bertz CT molecular complexity index is 2230. The van der Waals surface area contributed by atoms with Crippen molar-refractivity contribution in [2.45, 2.75) is 101 Å². The van der Waals surface area contributed by atoms with Gasteiger partial charge in [0.1, 0.15) is 42.7 Å². The minimum Gasteiger partial charge on any atom is -0.390 e. The van der Waals surface area contributed by atoms with Gasteiger partial charge in [0, 0.05) is 6.42 Å². The van der Waals surface area contributed by atoms with Crippen molar-refractivity contribution in [3.05, 3.63) is 215 Å². The van der Waals surface area contributed by atoms with Crippen LogP contribution in [0.25, 0.3) is 0 Å². The van der Waals surface area contributed by atoms with Crippen LogP contribution in [0.4, 0.5) is 0 Å². The molecule has 6 aromatic carbocycles. The number of hydrogen-bond acceptors (Lipinski definition) is 10. The van der Waals surface area contributed by atoms with E-state index in [-0.39, 0.29) is 51.8 Å². The van der Waals surface area contributed by atoms with Crippen LogP contribution in [-0.2, 0) is 82.3 Å². The van der Waals surface area contributed by atoms with Gasteiger partial charge >= 0.3 is 0 Å². The number of rotatable bonds is 21. The lowest BCUT2D eigenvalue weighted by atomic mass is 9.87. The van der Waals surface area contributed by atoms with Crippen molar-refractivity contribution in [1.82, 2.24) is 0 Å². The van der Waals surface area contributed by atoms with E-state index in [4.69, 9.17) is 37.9 Å². The third-order valence-electron chi connectivity index (χ3n) is 11.4. The standard InChI is InChI=1S/C54H56O10/c55-45-31-46(56)49(51(60-35-42-25-13-4-14-26-42)48(45)58-33-40-21-9-2-10-22-40)64-54-53(62-37-44-29-17-6-18-30-44)52(61-36-43-27-15-5-16-28-43)50(59-34-41-23-11-3-12-24-41)47(63-54)38-57-32-39-19-7-1-8-20-39/h1-30,46-54,56H,31-38H2/t46-,47-,48-,49+,50+,51+,52+,53-,54-/m1/s1. The van der Waals surface area contributed by atoms with Crippen LogP contribution in [0.5, 0.6) is 0 Å². The van der Waals surface area contributed by atoms with Crippen molar-refractivity contribution in [1.29, 1.82) is 0 Å². The summed E-state index contributed by atoms with van der Waals surface area (Å²) < 4.78 is 54.0. The van der Waals surface area contributed by atoms with Crippen molar-refractivity contribution < 1.29 is 47.8 Å². The molecule has 0 aromatic heterocycles. The Morgan fingerprint density at radius 1 is 0.422 bits per heavy atom. The van der Waals surface area contributed by atoms with E-state index in [1.54, 1.807) is 0 Å². The van der Waals surface area contributed by atoms with E-state index in [2.05, 4.69) is 0 Å². The molecule has 1 aliphatic carbocycles. The Balaban J connectivity index is 1.14. The zero-order valence-electron chi connectivity index (χ0n) is 35.8. The number of ketones is 1. The average molecular weight is 865 g/mol. The minimum absolute atomic E-state index is 0.118. The SMILES string of the molecule is O=C1C[C@@H](O)[C@H](O[C@H]2O[C@H](COCc3ccccc3)[C@H](OCc3ccccc3)[C@H](OCc3ccccc3)[C@H]2OCc2ccccc2)[C@@H](OCc2ccccc2)[C@@H]1OCc1ccccc1. The van der Waals surface area contributed by atoms with Crippen LogP contribution in [0.15, 0.2) is 182 Å². The molecule has 1 saturated carbocycles. The highest BCUT2D eigenvalue weighted by Crippen LogP contribution is 2.35. The molecule has 2 fully saturated rings. The summed E-state index contributed by atoms with van der Waals surface area (Å²) in [4.78, 5) is 13.9. The maximum Gasteiger partial charge on any atom is 0.187 e. The molecule has 332 valence electrons. The van der Waals surface area contributed by atoms with Gasteiger partial charge in [-0.1, -0.05) is 182 Å². The first-order valence-electron chi connectivity index (χ1n) is 22.0. The van der Waals surface area contributed by atoms with Gasteiger partial charge in [-0.05, 0) is 33.4 Å². The molecule has 2 aliphatic rings. The van der Waals surface area contributed by atoms with Gasteiger partial charge < -0.3 is 43.0 Å². The predicted octanol–water partition coefficient (Wildman–Crippen LogP) is 8.57. The molecule has 8 rings (SSSR count). The number of aliphatic hydroxyl groups excluding tert-OH is 1. The van der Waals surface area contributed by atoms with E-state index < -0.39 is 55.1 Å². The maximum absolute atomic E-state index is 13.9. The zero-order chi connectivity index (χ0) is 43.8. The Hall–Kier alpha value is -5.37. The summed E-state index contributed by atoms with van der Waals surface area (Å²) in [6.07, 6.45) is -8.90. The third kappa shape index (κ3) is 12.7. The van der Waals surface area contributed by atoms with Crippen LogP contribution in [0.1, 0.15) is 39.8 Å². The van der Waals surface area contributed by atoms with Crippen molar-refractivity contribution in [2.24, 2.45) is 0 Å². The monoisotopic (exact) mass is 864 g/mol. The Labute approximate surface area is 375 Å². The molecule has 6 aromatic rings. The molecular weight excluding hydrogens is 809 g/mol. The zero-order valence-corrected chi connectivity index (χ0v) is 35.8. The first-order chi connectivity index (χ1) is 31.6. The second-order valence-electron chi connectivity index (χ2n) is 16.1. The van der Waals surface area contributed by atoms with Crippen LogP contribution in [0.3, 0.4) is 0 Å². The lowest BCUT2D eigenvalue weighted by Crippen LogP contribution is -2.65. The molecule has 64 heavy (non-hydrogen) atoms. The number of benzene rings is 6. The summed E-state index contributed by atoms with van der Waals surface area (Å²) in [5.41, 5.74) is 5.65. The summed E-state index contributed by atoms with van der Waals surface area (Å²) >= 11 is 0. The summed E-state index contributed by atoms with van der Waals surface area (Å²) in [7, 11) is 0. The fraction of sp³-hybridized carbons (Fsp3) is 0.315. The fourth-order valence-electron chi connectivity index (χ4n) is 8.09. The van der Waals surface area contributed by atoms with E-state index >= 15 is 0 Å². The second kappa shape index (κ2) is 23.5. The van der Waals surface area contributed by atoms with E-state index in [9.17, 15) is 9.90 Å². The number of carbonyl (C=O) groups is 1. The van der Waals surface area contributed by atoms with Crippen LogP contribution < -0.4 is 0 Å². The quantitative estimate of drug-likeness (QED) is 0.0756. The average Bonchev–Trinajstić information content (AvgIpc) is 3.34. The molecule has 0 radical (unpaired) electrons. The van der Waals surface area contributed by atoms with Gasteiger partial charge in [0.25, 0.3) is 0 Å². The molecule has 0 amide bonds. The molecule has 9 atom stereocenters. The molecule has 1 heterocycles. The summed E-state index contributed by atoms with van der Waals surface area (Å²) in [6, 6.07) is 58.9. The summed E-state index contributed by atoms with van der Waals surface area (Å²) in [5.74, 6) is -0.284. The van der Waals surface area contributed by atoms with Gasteiger partial charge in [0.15, 0.2) is 12.1 Å². The van der Waals surface area contributed by atoms with E-state index in [0.29, 0.717) is 6.61 Å². The highest BCUT2D eigenvalue weighted by atomic mass is 16.7. The first kappa shape index (κ1) is 45.2. The topological polar surface area (TPSA) is 111 Å². The van der Waals surface area contributed by atoms with Crippen LogP contribution in [-0.4, -0.2) is 72.6 Å². The van der Waals surface area contributed by atoms with Gasteiger partial charge in [-0.25, -0.2) is 0 Å². The minimum atomic E-state index is -1.26. The van der Waals surface area contributed by atoms with Crippen molar-refractivity contribution in [3.63, 3.8) is 0 Å². The van der Waals surface area contributed by atoms with E-state index in [0.717, 1.165) is 33.4 Å². The predicted molar refractivity (Wildman–Crippen MR) is 240 cm³/mol. The van der Waals surface area contributed by atoms with Crippen LogP contribution >= 0.6 is 0 Å². The number of hydrogen-bond donors (Lipinski definition) is 1. The third-order valence-corrected chi connectivity index (χ3v) is 11.4. The highest BCUT2D eigenvalue weighted by Gasteiger charge is 2.53. The molecule has 1 N–H and O–H groups in total. The molecule has 0 unspecified atom stereocenters. The number of ether oxygens (including phenoxy) is 8. The van der Waals surface area contributed by atoms with Crippen LogP contribution in [0, 0.1) is 0 Å². The Kier molecular flexibility index (Phi) is 16.6. The maximum atomic E-state index is 13.9. The Morgan fingerprint density at radius 2 is 0.781 bits per heavy atom. The second-order valence-corrected chi connectivity index (χ2v) is 16.1. The van der Waals surface area contributed by atoms with Gasteiger partial charge in [0.05, 0.1) is 52.4 Å². The van der Waals surface area contributed by atoms with Gasteiger partial charge in [-0.15, -0.1) is 0 Å². The van der Waals surface area contributed by atoms with Gasteiger partial charge in [0.2, 0.25) is 0 Å². The number of aliphatic hydroxyl groups is 1. The number of Topliss-reactive ketones (excluding diaryl/α,β-unsaturated/α-hetero) is 1. The molecule has 0 bridgehead atoms. The number of carbonyl (C=O) groups excluding carboxylic acids is 1. The van der Waals surface area contributed by atoms with E-state index in [1.165, 1.54) is 0 Å². The van der Waals surface area contributed by atoms with Crippen molar-refractivity contribution >= 4 is 5.78 Å². The molecule has 1 saturated heterocycles. The summed E-state index contributed by atoms with van der Waals surface area (Å²) in [5, 5.41) is 11.9. The molecule has 1 aliphatic heterocycles. The normalized spacial score (nSPS) is 24.6. The van der Waals surface area contributed by atoms with E-state index in [1.807, 2.05) is 182 Å². The van der Waals surface area contributed by atoms with Crippen LogP contribution in [0.2, 0.25) is 0 Å². The first-order valence-corrected chi connectivity index (χ1v) is 22.0. The lowest BCUT2D eigenvalue weighted by Gasteiger charge is -2.48. The molecule has 10 nitrogen and oxygen atoms in total. The van der Waals surface area contributed by atoms with Crippen molar-refractivity contribution in [2.75, 3.05) is 6.61 Å². The Morgan fingerprint density at radius 3 is 1.22 bits per heavy atom. The lowest BCUT2D eigenvalue weighted by molar-refractivity contribution is -0.350. The molecule has 0 spiro atoms. The molecule has 10 heteroatoms. The van der Waals surface area contributed by atoms with Crippen molar-refractivity contribution in [3.8, 4) is 0 Å². The fourth-order valence-corrected chi connectivity index (χ4v) is 8.09. The van der Waals surface area contributed by atoms with Gasteiger partial charge in [-0.3, -0.25) is 4.79 Å². The summed E-state index contributed by atoms with van der Waals surface area (Å²) in [6.45, 7) is 1.46.